The van der Waals surface area contributed by atoms with Gasteiger partial charge in [-0.15, -0.1) is 0 Å². The van der Waals surface area contributed by atoms with Gasteiger partial charge < -0.3 is 14.8 Å². The summed E-state index contributed by atoms with van der Waals surface area (Å²) in [5, 5.41) is 2.86. The van der Waals surface area contributed by atoms with E-state index in [0.29, 0.717) is 30.4 Å². The molecule has 0 heterocycles. The summed E-state index contributed by atoms with van der Waals surface area (Å²) in [6.45, 7) is 4.09. The quantitative estimate of drug-likeness (QED) is 0.434. The van der Waals surface area contributed by atoms with Gasteiger partial charge in [0, 0.05) is 5.69 Å². The van der Waals surface area contributed by atoms with Gasteiger partial charge in [-0.1, -0.05) is 41.9 Å². The zero-order valence-corrected chi connectivity index (χ0v) is 19.8. The molecule has 0 aliphatic rings. The van der Waals surface area contributed by atoms with Crippen molar-refractivity contribution in [2.45, 2.75) is 31.4 Å². The number of amides is 1. The first-order chi connectivity index (χ1) is 15.8. The molecular weight excluding hydrogens is 464 g/mol. The summed E-state index contributed by atoms with van der Waals surface area (Å²) in [7, 11) is -3.96. The van der Waals surface area contributed by atoms with Gasteiger partial charge in [-0.2, -0.15) is 4.72 Å². The first-order valence-corrected chi connectivity index (χ1v) is 12.2. The average Bonchev–Trinajstić information content (AvgIpc) is 2.80. The molecule has 0 spiro atoms. The van der Waals surface area contributed by atoms with Gasteiger partial charge in [0.1, 0.15) is 18.1 Å². The van der Waals surface area contributed by atoms with Crippen LogP contribution < -0.4 is 19.5 Å². The third kappa shape index (κ3) is 6.95. The van der Waals surface area contributed by atoms with Gasteiger partial charge in [-0.3, -0.25) is 4.79 Å². The number of rotatable bonds is 10. The Balaban J connectivity index is 1.57. The van der Waals surface area contributed by atoms with Crippen LogP contribution in [0.3, 0.4) is 0 Å². The van der Waals surface area contributed by atoms with E-state index in [1.807, 2.05) is 30.3 Å². The maximum absolute atomic E-state index is 12.6. The summed E-state index contributed by atoms with van der Waals surface area (Å²) >= 11 is 6.08. The summed E-state index contributed by atoms with van der Waals surface area (Å²) in [4.78, 5) is 12.4. The van der Waals surface area contributed by atoms with E-state index in [-0.39, 0.29) is 9.92 Å². The van der Waals surface area contributed by atoms with Gasteiger partial charge in [0.05, 0.1) is 22.6 Å². The van der Waals surface area contributed by atoms with E-state index in [0.717, 1.165) is 5.56 Å². The molecule has 0 aromatic heterocycles. The highest BCUT2D eigenvalue weighted by molar-refractivity contribution is 7.89. The summed E-state index contributed by atoms with van der Waals surface area (Å²) in [5.41, 5.74) is 1.56. The Hall–Kier alpha value is -3.07. The molecule has 1 amide bonds. The molecule has 0 fully saturated rings. The lowest BCUT2D eigenvalue weighted by molar-refractivity contribution is -0.117. The number of hydrogen-bond acceptors (Lipinski definition) is 5. The van der Waals surface area contributed by atoms with E-state index in [2.05, 4.69) is 10.0 Å². The molecule has 0 radical (unpaired) electrons. The molecule has 0 bridgehead atoms. The minimum atomic E-state index is -3.96. The van der Waals surface area contributed by atoms with Crippen molar-refractivity contribution in [3.63, 3.8) is 0 Å². The molecule has 0 aliphatic carbocycles. The molecule has 0 saturated carbocycles. The van der Waals surface area contributed by atoms with Gasteiger partial charge in [0.2, 0.25) is 15.9 Å². The summed E-state index contributed by atoms with van der Waals surface area (Å²) < 4.78 is 38.7. The standard InChI is InChI=1S/C24H25ClN2O5S/c1-3-31-23-14-13-21(15-22(23)25)33(29,30)27-17(2)24(28)26-19-9-11-20(12-10-19)32-16-18-7-5-4-6-8-18/h4-15,17,27H,3,16H2,1-2H3,(H,26,28)/t17-/m1/s1. The number of carbonyl (C=O) groups is 1. The Kier molecular flexibility index (Phi) is 8.32. The summed E-state index contributed by atoms with van der Waals surface area (Å²) in [6, 6.07) is 19.7. The Bertz CT molecular complexity index is 1190. The molecule has 0 aliphatic heterocycles. The molecular formula is C24H25ClN2O5S. The van der Waals surface area contributed by atoms with E-state index < -0.39 is 22.0 Å². The van der Waals surface area contributed by atoms with Crippen LogP contribution in [0.1, 0.15) is 19.4 Å². The number of carbonyl (C=O) groups excluding carboxylic acids is 1. The van der Waals surface area contributed by atoms with Crippen molar-refractivity contribution >= 4 is 33.2 Å². The SMILES string of the molecule is CCOc1ccc(S(=O)(=O)N[C@H](C)C(=O)Nc2ccc(OCc3ccccc3)cc2)cc1Cl. The first-order valence-electron chi connectivity index (χ1n) is 10.3. The minimum absolute atomic E-state index is 0.0597. The zero-order chi connectivity index (χ0) is 23.8. The van der Waals surface area contributed by atoms with Gasteiger partial charge in [-0.05, 0) is 61.9 Å². The van der Waals surface area contributed by atoms with E-state index >= 15 is 0 Å². The maximum atomic E-state index is 12.6. The third-order valence-electron chi connectivity index (χ3n) is 4.61. The Morgan fingerprint density at radius 1 is 1.00 bits per heavy atom. The molecule has 3 aromatic carbocycles. The fourth-order valence-electron chi connectivity index (χ4n) is 2.90. The predicted octanol–water partition coefficient (Wildman–Crippen LogP) is 4.62. The maximum Gasteiger partial charge on any atom is 0.242 e. The average molecular weight is 489 g/mol. The van der Waals surface area contributed by atoms with Crippen LogP contribution in [0.4, 0.5) is 5.69 Å². The lowest BCUT2D eigenvalue weighted by Gasteiger charge is -2.15. The van der Waals surface area contributed by atoms with Crippen LogP contribution in [-0.2, 0) is 21.4 Å². The predicted molar refractivity (Wildman–Crippen MR) is 128 cm³/mol. The molecule has 33 heavy (non-hydrogen) atoms. The largest absolute Gasteiger partial charge is 0.492 e. The van der Waals surface area contributed by atoms with Crippen LogP contribution in [0, 0.1) is 0 Å². The van der Waals surface area contributed by atoms with Gasteiger partial charge >= 0.3 is 0 Å². The van der Waals surface area contributed by atoms with Crippen molar-refractivity contribution < 1.29 is 22.7 Å². The topological polar surface area (TPSA) is 93.7 Å². The number of anilines is 1. The highest BCUT2D eigenvalue weighted by atomic mass is 35.5. The molecule has 3 aromatic rings. The van der Waals surface area contributed by atoms with Crippen molar-refractivity contribution in [1.82, 2.24) is 4.72 Å². The molecule has 2 N–H and O–H groups in total. The van der Waals surface area contributed by atoms with Crippen molar-refractivity contribution in [3.8, 4) is 11.5 Å². The minimum Gasteiger partial charge on any atom is -0.492 e. The third-order valence-corrected chi connectivity index (χ3v) is 6.44. The van der Waals surface area contributed by atoms with Crippen LogP contribution >= 0.6 is 11.6 Å². The molecule has 1 atom stereocenters. The second-order valence-corrected chi connectivity index (χ2v) is 9.28. The van der Waals surface area contributed by atoms with Gasteiger partial charge in [0.25, 0.3) is 0 Å². The second-order valence-electron chi connectivity index (χ2n) is 7.16. The number of nitrogens with one attached hydrogen (secondary N) is 2. The lowest BCUT2D eigenvalue weighted by atomic mass is 10.2. The zero-order valence-electron chi connectivity index (χ0n) is 18.2. The number of halogens is 1. The smallest absolute Gasteiger partial charge is 0.242 e. The fourth-order valence-corrected chi connectivity index (χ4v) is 4.43. The lowest BCUT2D eigenvalue weighted by Crippen LogP contribution is -2.41. The highest BCUT2D eigenvalue weighted by Gasteiger charge is 2.23. The van der Waals surface area contributed by atoms with Gasteiger partial charge in [0.15, 0.2) is 0 Å². The molecule has 174 valence electrons. The Labute approximate surface area is 198 Å². The van der Waals surface area contributed by atoms with Crippen LogP contribution in [0.25, 0.3) is 0 Å². The number of benzene rings is 3. The van der Waals surface area contributed by atoms with Gasteiger partial charge in [-0.25, -0.2) is 8.42 Å². The number of ether oxygens (including phenoxy) is 2. The van der Waals surface area contributed by atoms with E-state index in [1.165, 1.54) is 25.1 Å². The highest BCUT2D eigenvalue weighted by Crippen LogP contribution is 2.27. The first kappa shape index (κ1) is 24.6. The molecule has 0 saturated heterocycles. The molecule has 7 nitrogen and oxygen atoms in total. The Morgan fingerprint density at radius 3 is 2.33 bits per heavy atom. The number of hydrogen-bond donors (Lipinski definition) is 2. The van der Waals surface area contributed by atoms with Crippen molar-refractivity contribution in [3.05, 3.63) is 83.4 Å². The van der Waals surface area contributed by atoms with Crippen LogP contribution in [0.15, 0.2) is 77.7 Å². The second kappa shape index (κ2) is 11.2. The summed E-state index contributed by atoms with van der Waals surface area (Å²) in [6.07, 6.45) is 0. The van der Waals surface area contributed by atoms with Crippen LogP contribution in [0.5, 0.6) is 11.5 Å². The summed E-state index contributed by atoms with van der Waals surface area (Å²) in [5.74, 6) is 0.534. The molecule has 0 unspecified atom stereocenters. The normalized spacial score (nSPS) is 12.1. The van der Waals surface area contributed by atoms with Crippen molar-refractivity contribution in [2.24, 2.45) is 0 Å². The number of sulfonamides is 1. The van der Waals surface area contributed by atoms with Crippen molar-refractivity contribution in [1.29, 1.82) is 0 Å². The Morgan fingerprint density at radius 2 is 1.70 bits per heavy atom. The van der Waals surface area contributed by atoms with Crippen LogP contribution in [-0.4, -0.2) is 27.0 Å². The van der Waals surface area contributed by atoms with Crippen molar-refractivity contribution in [2.75, 3.05) is 11.9 Å². The monoisotopic (exact) mass is 488 g/mol. The van der Waals surface area contributed by atoms with E-state index in [4.69, 9.17) is 21.1 Å². The fraction of sp³-hybridized carbons (Fsp3) is 0.208. The molecule has 3 rings (SSSR count). The van der Waals surface area contributed by atoms with Crippen LogP contribution in [0.2, 0.25) is 5.02 Å². The van der Waals surface area contributed by atoms with E-state index in [1.54, 1.807) is 31.2 Å². The van der Waals surface area contributed by atoms with E-state index in [9.17, 15) is 13.2 Å². The molecule has 9 heteroatoms.